The van der Waals surface area contributed by atoms with Crippen molar-refractivity contribution >= 4 is 46.1 Å². The Hall–Kier alpha value is -2.51. The first-order valence-corrected chi connectivity index (χ1v) is 8.46. The predicted octanol–water partition coefficient (Wildman–Crippen LogP) is 4.18. The second-order valence-corrected chi connectivity index (χ2v) is 6.17. The summed E-state index contributed by atoms with van der Waals surface area (Å²) < 4.78 is 16.2. The maximum atomic E-state index is 12.1. The van der Waals surface area contributed by atoms with Gasteiger partial charge in [0.1, 0.15) is 29.5 Å². The number of rotatable bonds is 5. The number of nitrogens with two attached hydrogens (primary N) is 1. The topological polar surface area (TPSA) is 100 Å². The SMILES string of the molecule is CCOC(=O)c1c(C)oc2nc(COc3cc(Cl)ccc3Cl)nc(N)c12. The minimum absolute atomic E-state index is 0.00527. The van der Waals surface area contributed by atoms with E-state index in [1.165, 1.54) is 0 Å². The molecule has 0 radical (unpaired) electrons. The highest BCUT2D eigenvalue weighted by Gasteiger charge is 2.24. The first-order valence-electron chi connectivity index (χ1n) is 7.71. The summed E-state index contributed by atoms with van der Waals surface area (Å²) in [7, 11) is 0. The Bertz CT molecular complexity index is 988. The van der Waals surface area contributed by atoms with Gasteiger partial charge in [0, 0.05) is 11.1 Å². The molecule has 3 aromatic rings. The van der Waals surface area contributed by atoms with E-state index in [1.807, 2.05) is 0 Å². The van der Waals surface area contributed by atoms with Crippen molar-refractivity contribution in [2.45, 2.75) is 20.5 Å². The number of aryl methyl sites for hydroxylation is 1. The van der Waals surface area contributed by atoms with Crippen LogP contribution < -0.4 is 10.5 Å². The molecule has 2 heterocycles. The molecule has 3 rings (SSSR count). The zero-order valence-electron chi connectivity index (χ0n) is 14.0. The van der Waals surface area contributed by atoms with Crippen LogP contribution in [0.4, 0.5) is 5.82 Å². The molecule has 0 unspecified atom stereocenters. The van der Waals surface area contributed by atoms with E-state index < -0.39 is 5.97 Å². The van der Waals surface area contributed by atoms with Crippen LogP contribution in [0.25, 0.3) is 11.1 Å². The monoisotopic (exact) mass is 395 g/mol. The molecule has 7 nitrogen and oxygen atoms in total. The maximum Gasteiger partial charge on any atom is 0.342 e. The van der Waals surface area contributed by atoms with Gasteiger partial charge in [0.25, 0.3) is 0 Å². The molecule has 0 atom stereocenters. The highest BCUT2D eigenvalue weighted by Crippen LogP contribution is 2.30. The number of anilines is 1. The summed E-state index contributed by atoms with van der Waals surface area (Å²) in [6.45, 7) is 3.58. The van der Waals surface area contributed by atoms with E-state index in [-0.39, 0.29) is 36.1 Å². The minimum Gasteiger partial charge on any atom is -0.484 e. The van der Waals surface area contributed by atoms with Gasteiger partial charge in [-0.3, -0.25) is 0 Å². The van der Waals surface area contributed by atoms with Gasteiger partial charge in [-0.2, -0.15) is 4.98 Å². The summed E-state index contributed by atoms with van der Waals surface area (Å²) >= 11 is 12.0. The Balaban J connectivity index is 1.92. The van der Waals surface area contributed by atoms with Crippen LogP contribution in [-0.4, -0.2) is 22.5 Å². The van der Waals surface area contributed by atoms with Crippen molar-refractivity contribution in [1.29, 1.82) is 0 Å². The molecule has 136 valence electrons. The normalized spacial score (nSPS) is 10.9. The molecule has 1 aromatic carbocycles. The number of hydrogen-bond acceptors (Lipinski definition) is 7. The van der Waals surface area contributed by atoms with Crippen molar-refractivity contribution in [3.05, 3.63) is 45.4 Å². The Kier molecular flexibility index (Phi) is 5.20. The van der Waals surface area contributed by atoms with Gasteiger partial charge < -0.3 is 19.6 Å². The largest absolute Gasteiger partial charge is 0.484 e. The van der Waals surface area contributed by atoms with E-state index in [1.54, 1.807) is 32.0 Å². The Morgan fingerprint density at radius 3 is 2.81 bits per heavy atom. The van der Waals surface area contributed by atoms with Crippen molar-refractivity contribution in [1.82, 2.24) is 9.97 Å². The van der Waals surface area contributed by atoms with E-state index in [4.69, 9.17) is 42.8 Å². The molecule has 0 saturated carbocycles. The number of benzene rings is 1. The molecule has 0 aliphatic heterocycles. The second kappa shape index (κ2) is 7.39. The first-order chi connectivity index (χ1) is 12.4. The molecule has 0 aliphatic rings. The number of ether oxygens (including phenoxy) is 2. The van der Waals surface area contributed by atoms with E-state index in [9.17, 15) is 4.79 Å². The summed E-state index contributed by atoms with van der Waals surface area (Å²) in [5.41, 5.74) is 6.42. The number of halogens is 2. The molecule has 26 heavy (non-hydrogen) atoms. The minimum atomic E-state index is -0.534. The predicted molar refractivity (Wildman–Crippen MR) is 97.7 cm³/mol. The van der Waals surface area contributed by atoms with E-state index in [0.29, 0.717) is 26.9 Å². The highest BCUT2D eigenvalue weighted by atomic mass is 35.5. The van der Waals surface area contributed by atoms with Crippen LogP contribution in [0.5, 0.6) is 5.75 Å². The van der Waals surface area contributed by atoms with Crippen LogP contribution in [0.2, 0.25) is 10.0 Å². The van der Waals surface area contributed by atoms with Crippen LogP contribution in [0.3, 0.4) is 0 Å². The smallest absolute Gasteiger partial charge is 0.342 e. The lowest BCUT2D eigenvalue weighted by Gasteiger charge is -2.08. The third kappa shape index (κ3) is 3.54. The zero-order chi connectivity index (χ0) is 18.8. The molecule has 0 saturated heterocycles. The number of carbonyl (C=O) groups is 1. The average molecular weight is 396 g/mol. The molecular formula is C17H15Cl2N3O4. The van der Waals surface area contributed by atoms with Crippen molar-refractivity contribution < 1.29 is 18.7 Å². The summed E-state index contributed by atoms with van der Waals surface area (Å²) in [6, 6.07) is 4.86. The highest BCUT2D eigenvalue weighted by molar-refractivity contribution is 6.34. The summed E-state index contributed by atoms with van der Waals surface area (Å²) in [6.07, 6.45) is 0. The summed E-state index contributed by atoms with van der Waals surface area (Å²) in [5, 5.41) is 1.22. The van der Waals surface area contributed by atoms with Crippen LogP contribution in [0, 0.1) is 6.92 Å². The quantitative estimate of drug-likeness (QED) is 0.646. The number of nitrogens with zero attached hydrogens (tertiary/aromatic N) is 2. The van der Waals surface area contributed by atoms with Gasteiger partial charge in [0.15, 0.2) is 5.82 Å². The lowest BCUT2D eigenvalue weighted by atomic mass is 10.2. The molecule has 0 amide bonds. The van der Waals surface area contributed by atoms with Gasteiger partial charge in [-0.15, -0.1) is 0 Å². The number of furan rings is 1. The lowest BCUT2D eigenvalue weighted by Crippen LogP contribution is -2.08. The summed E-state index contributed by atoms with van der Waals surface area (Å²) in [5.74, 6) is 0.592. The Morgan fingerprint density at radius 2 is 2.08 bits per heavy atom. The average Bonchev–Trinajstić information content (AvgIpc) is 2.92. The molecule has 0 fully saturated rings. The van der Waals surface area contributed by atoms with Crippen LogP contribution in [-0.2, 0) is 11.3 Å². The second-order valence-electron chi connectivity index (χ2n) is 5.32. The molecule has 0 spiro atoms. The number of nitrogen functional groups attached to an aromatic ring is 1. The molecule has 2 aromatic heterocycles. The lowest BCUT2D eigenvalue weighted by molar-refractivity contribution is 0.0526. The fourth-order valence-electron chi connectivity index (χ4n) is 2.43. The molecule has 0 bridgehead atoms. The van der Waals surface area contributed by atoms with Crippen LogP contribution in [0.1, 0.15) is 28.9 Å². The number of esters is 1. The summed E-state index contributed by atoms with van der Waals surface area (Å²) in [4.78, 5) is 20.6. The van der Waals surface area contributed by atoms with Crippen molar-refractivity contribution in [2.75, 3.05) is 12.3 Å². The van der Waals surface area contributed by atoms with Crippen LogP contribution in [0.15, 0.2) is 22.6 Å². The van der Waals surface area contributed by atoms with Crippen molar-refractivity contribution in [3.63, 3.8) is 0 Å². The number of aromatic nitrogens is 2. The molecular weight excluding hydrogens is 381 g/mol. The van der Waals surface area contributed by atoms with E-state index in [2.05, 4.69) is 9.97 Å². The first kappa shape index (κ1) is 18.3. The van der Waals surface area contributed by atoms with Gasteiger partial charge in [0.2, 0.25) is 5.71 Å². The molecule has 2 N–H and O–H groups in total. The van der Waals surface area contributed by atoms with Crippen molar-refractivity contribution in [3.8, 4) is 5.75 Å². The fraction of sp³-hybridized carbons (Fsp3) is 0.235. The van der Waals surface area contributed by atoms with Gasteiger partial charge in [-0.25, -0.2) is 9.78 Å². The van der Waals surface area contributed by atoms with Crippen LogP contribution >= 0.6 is 23.2 Å². The van der Waals surface area contributed by atoms with E-state index in [0.717, 1.165) is 0 Å². The number of hydrogen-bond donors (Lipinski definition) is 1. The zero-order valence-corrected chi connectivity index (χ0v) is 15.5. The standard InChI is InChI=1S/C17H15Cl2N3O4/c1-3-24-17(23)13-8(2)26-16-14(13)15(20)21-12(22-16)7-25-11-6-9(18)4-5-10(11)19/h4-6H,3,7H2,1-2H3,(H2,20,21,22). The van der Waals surface area contributed by atoms with Gasteiger partial charge in [-0.05, 0) is 26.0 Å². The number of fused-ring (bicyclic) bond motifs is 1. The van der Waals surface area contributed by atoms with Crippen molar-refractivity contribution in [2.24, 2.45) is 0 Å². The number of carbonyl (C=O) groups excluding carboxylic acids is 1. The third-order valence-corrected chi connectivity index (χ3v) is 4.08. The fourth-order valence-corrected chi connectivity index (χ4v) is 2.76. The Morgan fingerprint density at radius 1 is 1.31 bits per heavy atom. The molecule has 0 aliphatic carbocycles. The van der Waals surface area contributed by atoms with Gasteiger partial charge in [0.05, 0.1) is 17.0 Å². The third-order valence-electron chi connectivity index (χ3n) is 3.53. The van der Waals surface area contributed by atoms with Gasteiger partial charge >= 0.3 is 5.97 Å². The Labute approximate surface area is 159 Å². The van der Waals surface area contributed by atoms with E-state index >= 15 is 0 Å². The molecule has 9 heteroatoms. The maximum absolute atomic E-state index is 12.1. The van der Waals surface area contributed by atoms with Gasteiger partial charge in [-0.1, -0.05) is 23.2 Å².